The molecule has 3 aliphatic rings. The fourth-order valence-electron chi connectivity index (χ4n) is 4.91. The number of nitrogens with zero attached hydrogens (tertiary/aromatic N) is 2. The maximum atomic E-state index is 13.1. The lowest BCUT2D eigenvalue weighted by atomic mass is 9.98. The fraction of sp³-hybridized carbons (Fsp3) is 0.650. The van der Waals surface area contributed by atoms with Gasteiger partial charge in [0.15, 0.2) is 0 Å². The van der Waals surface area contributed by atoms with Gasteiger partial charge >= 0.3 is 0 Å². The van der Waals surface area contributed by atoms with Gasteiger partial charge < -0.3 is 10.6 Å². The minimum Gasteiger partial charge on any atom is -0.338 e. The van der Waals surface area contributed by atoms with Crippen molar-refractivity contribution in [2.75, 3.05) is 26.2 Å². The zero-order valence-electron chi connectivity index (χ0n) is 15.9. The lowest BCUT2D eigenvalue weighted by Gasteiger charge is -2.27. The van der Waals surface area contributed by atoms with Gasteiger partial charge in [0.05, 0.1) is 4.90 Å². The average Bonchev–Trinajstić information content (AvgIpc) is 3.24. The number of sulfonamides is 1. The molecule has 27 heavy (non-hydrogen) atoms. The van der Waals surface area contributed by atoms with Gasteiger partial charge in [-0.1, -0.05) is 12.5 Å². The van der Waals surface area contributed by atoms with Crippen LogP contribution in [0.3, 0.4) is 0 Å². The maximum absolute atomic E-state index is 13.1. The molecule has 0 aromatic heterocycles. The van der Waals surface area contributed by atoms with Gasteiger partial charge in [0.25, 0.3) is 5.91 Å². The molecule has 2 N–H and O–H groups in total. The number of piperidine rings is 1. The summed E-state index contributed by atoms with van der Waals surface area (Å²) >= 11 is 0. The number of hydrogen-bond acceptors (Lipinski definition) is 4. The first-order valence-electron chi connectivity index (χ1n) is 10.0. The van der Waals surface area contributed by atoms with Crippen molar-refractivity contribution in [1.82, 2.24) is 9.21 Å². The van der Waals surface area contributed by atoms with Gasteiger partial charge in [-0.05, 0) is 62.1 Å². The summed E-state index contributed by atoms with van der Waals surface area (Å²) in [5, 5.41) is 0. The maximum Gasteiger partial charge on any atom is 0.253 e. The van der Waals surface area contributed by atoms with Crippen LogP contribution in [0.1, 0.15) is 48.0 Å². The Morgan fingerprint density at radius 3 is 2.56 bits per heavy atom. The summed E-state index contributed by atoms with van der Waals surface area (Å²) in [7, 11) is -3.55. The van der Waals surface area contributed by atoms with E-state index in [1.807, 2.05) is 4.90 Å². The van der Waals surface area contributed by atoms with Crippen molar-refractivity contribution in [2.24, 2.45) is 17.6 Å². The molecule has 1 aromatic rings. The van der Waals surface area contributed by atoms with E-state index in [-0.39, 0.29) is 16.8 Å². The number of amides is 1. The standard InChI is InChI=1S/C20H29N3O3S/c1-14-5-6-15(11-19(14)27(25,26)23-9-3-2-4-10-23)20(24)22-12-16-7-8-18(21)17(16)13-22/h5-6,11,16-18H,2-4,7-10,12-13,21H2,1H3. The Labute approximate surface area is 161 Å². The van der Waals surface area contributed by atoms with Crippen molar-refractivity contribution in [2.45, 2.75) is 50.0 Å². The van der Waals surface area contributed by atoms with Crippen LogP contribution in [0.25, 0.3) is 0 Å². The van der Waals surface area contributed by atoms with E-state index >= 15 is 0 Å². The van der Waals surface area contributed by atoms with Gasteiger partial charge in [-0.25, -0.2) is 8.42 Å². The molecule has 0 bridgehead atoms. The van der Waals surface area contributed by atoms with E-state index in [1.165, 1.54) is 0 Å². The molecule has 0 spiro atoms. The van der Waals surface area contributed by atoms with E-state index in [4.69, 9.17) is 5.73 Å². The molecule has 1 aromatic carbocycles. The summed E-state index contributed by atoms with van der Waals surface area (Å²) < 4.78 is 27.7. The lowest BCUT2D eigenvalue weighted by Crippen LogP contribution is -2.36. The van der Waals surface area contributed by atoms with Crippen LogP contribution in [0.2, 0.25) is 0 Å². The molecule has 6 nitrogen and oxygen atoms in total. The summed E-state index contributed by atoms with van der Waals surface area (Å²) in [5.41, 5.74) is 7.34. The Balaban J connectivity index is 1.58. The molecule has 3 atom stereocenters. The van der Waals surface area contributed by atoms with E-state index < -0.39 is 10.0 Å². The number of carbonyl (C=O) groups is 1. The van der Waals surface area contributed by atoms with Crippen LogP contribution in [0.5, 0.6) is 0 Å². The lowest BCUT2D eigenvalue weighted by molar-refractivity contribution is 0.0779. The first kappa shape index (κ1) is 18.9. The van der Waals surface area contributed by atoms with Crippen LogP contribution >= 0.6 is 0 Å². The van der Waals surface area contributed by atoms with Crippen LogP contribution in [0.15, 0.2) is 23.1 Å². The van der Waals surface area contributed by atoms with Crippen molar-refractivity contribution >= 4 is 15.9 Å². The Morgan fingerprint density at radius 1 is 1.11 bits per heavy atom. The van der Waals surface area contributed by atoms with Crippen molar-refractivity contribution in [1.29, 1.82) is 0 Å². The zero-order chi connectivity index (χ0) is 19.2. The molecule has 7 heteroatoms. The normalized spacial score (nSPS) is 29.1. The Morgan fingerprint density at radius 2 is 1.85 bits per heavy atom. The van der Waals surface area contributed by atoms with E-state index in [0.717, 1.165) is 38.6 Å². The number of benzene rings is 1. The first-order chi connectivity index (χ1) is 12.9. The molecule has 3 unspecified atom stereocenters. The first-order valence-corrected chi connectivity index (χ1v) is 11.5. The second-order valence-electron chi connectivity index (χ2n) is 8.32. The molecule has 148 valence electrons. The Bertz CT molecular complexity index is 833. The monoisotopic (exact) mass is 391 g/mol. The minimum atomic E-state index is -3.55. The topological polar surface area (TPSA) is 83.7 Å². The molecule has 2 heterocycles. The summed E-state index contributed by atoms with van der Waals surface area (Å²) in [6.07, 6.45) is 4.99. The molecular formula is C20H29N3O3S. The molecule has 3 fully saturated rings. The molecule has 1 saturated carbocycles. The summed E-state index contributed by atoms with van der Waals surface area (Å²) in [5.74, 6) is 0.800. The van der Waals surface area contributed by atoms with E-state index in [1.54, 1.807) is 29.4 Å². The molecule has 2 saturated heterocycles. The third-order valence-electron chi connectivity index (χ3n) is 6.57. The number of likely N-dealkylation sites (tertiary alicyclic amines) is 1. The Hall–Kier alpha value is -1.44. The van der Waals surface area contributed by atoms with Crippen molar-refractivity contribution < 1.29 is 13.2 Å². The number of rotatable bonds is 3. The molecule has 0 radical (unpaired) electrons. The predicted octanol–water partition coefficient (Wildman–Crippen LogP) is 1.98. The van der Waals surface area contributed by atoms with Gasteiger partial charge in [-0.2, -0.15) is 4.31 Å². The fourth-order valence-corrected chi connectivity index (χ4v) is 6.68. The summed E-state index contributed by atoms with van der Waals surface area (Å²) in [6.45, 7) is 4.34. The van der Waals surface area contributed by atoms with Crippen LogP contribution < -0.4 is 5.73 Å². The molecule has 2 aliphatic heterocycles. The minimum absolute atomic E-state index is 0.0771. The predicted molar refractivity (Wildman–Crippen MR) is 104 cm³/mol. The quantitative estimate of drug-likeness (QED) is 0.854. The number of hydrogen-bond donors (Lipinski definition) is 1. The van der Waals surface area contributed by atoms with Crippen LogP contribution in [0, 0.1) is 18.8 Å². The third-order valence-corrected chi connectivity index (χ3v) is 8.61. The molecule has 1 aliphatic carbocycles. The van der Waals surface area contributed by atoms with Gasteiger partial charge in [-0.3, -0.25) is 4.79 Å². The highest BCUT2D eigenvalue weighted by molar-refractivity contribution is 7.89. The second kappa shape index (κ2) is 7.18. The van der Waals surface area contributed by atoms with E-state index in [0.29, 0.717) is 42.6 Å². The number of fused-ring (bicyclic) bond motifs is 1. The zero-order valence-corrected chi connectivity index (χ0v) is 16.7. The van der Waals surface area contributed by atoms with E-state index in [2.05, 4.69) is 0 Å². The molecular weight excluding hydrogens is 362 g/mol. The van der Waals surface area contributed by atoms with Crippen molar-refractivity contribution in [3.63, 3.8) is 0 Å². The van der Waals surface area contributed by atoms with Gasteiger partial charge in [0.1, 0.15) is 0 Å². The summed E-state index contributed by atoms with van der Waals surface area (Å²) in [6, 6.07) is 5.27. The highest BCUT2D eigenvalue weighted by Crippen LogP contribution is 2.37. The van der Waals surface area contributed by atoms with E-state index in [9.17, 15) is 13.2 Å². The largest absolute Gasteiger partial charge is 0.338 e. The van der Waals surface area contributed by atoms with Crippen LogP contribution in [-0.4, -0.2) is 55.8 Å². The number of carbonyl (C=O) groups excluding carboxylic acids is 1. The molecule has 4 rings (SSSR count). The second-order valence-corrected chi connectivity index (χ2v) is 10.2. The summed E-state index contributed by atoms with van der Waals surface area (Å²) in [4.78, 5) is 15.2. The van der Waals surface area contributed by atoms with Crippen LogP contribution in [0.4, 0.5) is 0 Å². The van der Waals surface area contributed by atoms with Gasteiger partial charge in [0.2, 0.25) is 10.0 Å². The smallest absolute Gasteiger partial charge is 0.253 e. The number of aryl methyl sites for hydroxylation is 1. The molecule has 1 amide bonds. The van der Waals surface area contributed by atoms with Gasteiger partial charge in [0, 0.05) is 37.8 Å². The average molecular weight is 392 g/mol. The SMILES string of the molecule is Cc1ccc(C(=O)N2CC3CCC(N)C3C2)cc1S(=O)(=O)N1CCCCC1. The van der Waals surface area contributed by atoms with Crippen molar-refractivity contribution in [3.8, 4) is 0 Å². The third kappa shape index (κ3) is 3.41. The highest BCUT2D eigenvalue weighted by Gasteiger charge is 2.42. The van der Waals surface area contributed by atoms with Crippen molar-refractivity contribution in [3.05, 3.63) is 29.3 Å². The highest BCUT2D eigenvalue weighted by atomic mass is 32.2. The van der Waals surface area contributed by atoms with Crippen LogP contribution in [-0.2, 0) is 10.0 Å². The number of nitrogens with two attached hydrogens (primary N) is 1. The Kier molecular flexibility index (Phi) is 5.03. The van der Waals surface area contributed by atoms with Gasteiger partial charge in [-0.15, -0.1) is 0 Å².